The van der Waals surface area contributed by atoms with Crippen molar-refractivity contribution < 1.29 is 14.3 Å². The van der Waals surface area contributed by atoms with Gasteiger partial charge >= 0.3 is 0 Å². The molecule has 1 atom stereocenters. The number of carbonyl (C=O) groups is 1. The van der Waals surface area contributed by atoms with E-state index in [4.69, 9.17) is 9.47 Å². The predicted molar refractivity (Wildman–Crippen MR) is 111 cm³/mol. The number of carbonyl (C=O) groups excluding carboxylic acids is 1. The molecule has 1 amide bonds. The molecule has 6 heteroatoms. The van der Waals surface area contributed by atoms with Gasteiger partial charge in [0.15, 0.2) is 0 Å². The molecule has 6 nitrogen and oxygen atoms in total. The highest BCUT2D eigenvalue weighted by Crippen LogP contribution is 2.33. The monoisotopic (exact) mass is 389 g/mol. The van der Waals surface area contributed by atoms with E-state index >= 15 is 0 Å². The number of nitrogens with zero attached hydrogens (tertiary/aromatic N) is 1. The molecule has 148 valence electrons. The number of hydrogen-bond donors (Lipinski definition) is 2. The maximum Gasteiger partial charge on any atom is 0.251 e. The van der Waals surface area contributed by atoms with Gasteiger partial charge < -0.3 is 20.1 Å². The molecule has 0 radical (unpaired) electrons. The zero-order chi connectivity index (χ0) is 20.1. The van der Waals surface area contributed by atoms with Crippen LogP contribution in [0.3, 0.4) is 0 Å². The van der Waals surface area contributed by atoms with Crippen LogP contribution in [0, 0.1) is 0 Å². The van der Waals surface area contributed by atoms with E-state index in [0.717, 1.165) is 22.7 Å². The fourth-order valence-corrected chi connectivity index (χ4v) is 3.12. The molecule has 0 spiro atoms. The summed E-state index contributed by atoms with van der Waals surface area (Å²) in [5.41, 5.74) is 1.89. The van der Waals surface area contributed by atoms with Crippen molar-refractivity contribution in [3.63, 3.8) is 0 Å². The van der Waals surface area contributed by atoms with Crippen LogP contribution in [0.2, 0.25) is 0 Å². The number of anilines is 1. The molecule has 1 aromatic heterocycles. The number of aromatic nitrogens is 1. The number of amides is 1. The third kappa shape index (κ3) is 4.66. The molecule has 1 aliphatic heterocycles. The molecule has 2 heterocycles. The number of rotatable bonds is 6. The van der Waals surface area contributed by atoms with Crippen LogP contribution in [0.15, 0.2) is 73.1 Å². The molecule has 4 rings (SSSR count). The minimum atomic E-state index is -0.409. The molecule has 1 aliphatic rings. The number of fused-ring (bicyclic) bond motifs is 1. The highest BCUT2D eigenvalue weighted by atomic mass is 16.5. The van der Waals surface area contributed by atoms with E-state index in [0.29, 0.717) is 25.3 Å². The van der Waals surface area contributed by atoms with Gasteiger partial charge in [0.1, 0.15) is 30.3 Å². The summed E-state index contributed by atoms with van der Waals surface area (Å²) in [4.78, 5) is 16.6. The van der Waals surface area contributed by atoms with Crippen molar-refractivity contribution in [3.8, 4) is 11.5 Å². The fraction of sp³-hybridized carbons (Fsp3) is 0.217. The largest absolute Gasteiger partial charge is 0.491 e. The molecule has 0 bridgehead atoms. The lowest BCUT2D eigenvalue weighted by atomic mass is 10.0. The Hall–Kier alpha value is -3.54. The van der Waals surface area contributed by atoms with Gasteiger partial charge in [-0.25, -0.2) is 0 Å². The molecule has 0 fully saturated rings. The van der Waals surface area contributed by atoms with Crippen molar-refractivity contribution >= 4 is 11.6 Å². The van der Waals surface area contributed by atoms with Gasteiger partial charge in [-0.2, -0.15) is 0 Å². The average Bonchev–Trinajstić information content (AvgIpc) is 2.77. The second-order valence-electron chi connectivity index (χ2n) is 7.33. The number of benzene rings is 2. The molecule has 1 unspecified atom stereocenters. The van der Waals surface area contributed by atoms with E-state index in [1.165, 1.54) is 0 Å². The third-order valence-electron chi connectivity index (χ3n) is 4.70. The number of nitrogens with one attached hydrogen (secondary N) is 2. The van der Waals surface area contributed by atoms with Gasteiger partial charge in [0.2, 0.25) is 0 Å². The topological polar surface area (TPSA) is 72.5 Å². The molecular weight excluding hydrogens is 366 g/mol. The maximum atomic E-state index is 12.6. The molecule has 3 aromatic rings. The first-order valence-corrected chi connectivity index (χ1v) is 9.51. The van der Waals surface area contributed by atoms with Gasteiger partial charge in [-0.3, -0.25) is 9.78 Å². The standard InChI is InChI=1S/C23H23N3O3/c1-23(15-28-19-7-3-2-4-8-19)16-29-21-10-9-18(12-20(21)26-23)22(27)25-14-17-6-5-11-24-13-17/h2-13,26H,14-16H2,1H3,(H,25,27). The minimum absolute atomic E-state index is 0.147. The Morgan fingerprint density at radius 3 is 2.86 bits per heavy atom. The molecule has 2 aromatic carbocycles. The minimum Gasteiger partial charge on any atom is -0.491 e. The van der Waals surface area contributed by atoms with E-state index in [9.17, 15) is 4.79 Å². The predicted octanol–water partition coefficient (Wildman–Crippen LogP) is 3.65. The van der Waals surface area contributed by atoms with Crippen LogP contribution in [0.5, 0.6) is 11.5 Å². The molecule has 0 saturated heterocycles. The zero-order valence-electron chi connectivity index (χ0n) is 16.2. The summed E-state index contributed by atoms with van der Waals surface area (Å²) in [5.74, 6) is 1.39. The molecule has 2 N–H and O–H groups in total. The molecule has 0 aliphatic carbocycles. The van der Waals surface area contributed by atoms with Crippen molar-refractivity contribution in [3.05, 3.63) is 84.2 Å². The van der Waals surface area contributed by atoms with Crippen LogP contribution in [0.4, 0.5) is 5.69 Å². The molecule has 0 saturated carbocycles. The Balaban J connectivity index is 1.41. The lowest BCUT2D eigenvalue weighted by molar-refractivity contribution is 0.0950. The second-order valence-corrected chi connectivity index (χ2v) is 7.33. The van der Waals surface area contributed by atoms with Gasteiger partial charge in [-0.15, -0.1) is 0 Å². The lowest BCUT2D eigenvalue weighted by Crippen LogP contribution is -2.48. The van der Waals surface area contributed by atoms with E-state index in [1.807, 2.05) is 61.5 Å². The Kier molecular flexibility index (Phi) is 5.33. The van der Waals surface area contributed by atoms with E-state index in [-0.39, 0.29) is 5.91 Å². The summed E-state index contributed by atoms with van der Waals surface area (Å²) in [6.07, 6.45) is 3.44. The van der Waals surface area contributed by atoms with Gasteiger partial charge in [0.05, 0.1) is 5.69 Å². The SMILES string of the molecule is CC1(COc2ccccc2)COc2ccc(C(=O)NCc3cccnc3)cc2N1. The smallest absolute Gasteiger partial charge is 0.251 e. The number of pyridine rings is 1. The third-order valence-corrected chi connectivity index (χ3v) is 4.70. The zero-order valence-corrected chi connectivity index (χ0v) is 16.2. The van der Waals surface area contributed by atoms with Crippen LogP contribution >= 0.6 is 0 Å². The van der Waals surface area contributed by atoms with Crippen molar-refractivity contribution in [2.75, 3.05) is 18.5 Å². The highest BCUT2D eigenvalue weighted by Gasteiger charge is 2.32. The molecular formula is C23H23N3O3. The number of para-hydroxylation sites is 1. The number of ether oxygens (including phenoxy) is 2. The summed E-state index contributed by atoms with van der Waals surface area (Å²) < 4.78 is 11.8. The van der Waals surface area contributed by atoms with Crippen LogP contribution < -0.4 is 20.1 Å². The summed E-state index contributed by atoms with van der Waals surface area (Å²) in [5, 5.41) is 6.39. The normalized spacial score (nSPS) is 17.4. The summed E-state index contributed by atoms with van der Waals surface area (Å²) in [6, 6.07) is 18.8. The second kappa shape index (κ2) is 8.22. The van der Waals surface area contributed by atoms with Crippen molar-refractivity contribution in [1.82, 2.24) is 10.3 Å². The Morgan fingerprint density at radius 1 is 1.21 bits per heavy atom. The molecule has 29 heavy (non-hydrogen) atoms. The van der Waals surface area contributed by atoms with E-state index in [1.54, 1.807) is 18.5 Å². The first-order chi connectivity index (χ1) is 14.1. The van der Waals surface area contributed by atoms with Crippen LogP contribution in [0.1, 0.15) is 22.8 Å². The van der Waals surface area contributed by atoms with Gasteiger partial charge in [-0.1, -0.05) is 24.3 Å². The van der Waals surface area contributed by atoms with Crippen molar-refractivity contribution in [1.29, 1.82) is 0 Å². The lowest BCUT2D eigenvalue weighted by Gasteiger charge is -2.36. The van der Waals surface area contributed by atoms with Gasteiger partial charge in [-0.05, 0) is 48.9 Å². The first-order valence-electron chi connectivity index (χ1n) is 9.51. The van der Waals surface area contributed by atoms with E-state index < -0.39 is 5.54 Å². The van der Waals surface area contributed by atoms with Gasteiger partial charge in [0, 0.05) is 24.5 Å². The van der Waals surface area contributed by atoms with Crippen LogP contribution in [0.25, 0.3) is 0 Å². The summed E-state index contributed by atoms with van der Waals surface area (Å²) in [6.45, 7) is 3.37. The fourth-order valence-electron chi connectivity index (χ4n) is 3.12. The Labute approximate surface area is 169 Å². The average molecular weight is 389 g/mol. The van der Waals surface area contributed by atoms with E-state index in [2.05, 4.69) is 15.6 Å². The summed E-state index contributed by atoms with van der Waals surface area (Å²) in [7, 11) is 0. The first kappa shape index (κ1) is 18.8. The van der Waals surface area contributed by atoms with Crippen molar-refractivity contribution in [2.45, 2.75) is 19.0 Å². The van der Waals surface area contributed by atoms with Crippen LogP contribution in [-0.4, -0.2) is 29.6 Å². The quantitative estimate of drug-likeness (QED) is 0.673. The highest BCUT2D eigenvalue weighted by molar-refractivity contribution is 5.95. The number of hydrogen-bond acceptors (Lipinski definition) is 5. The Morgan fingerprint density at radius 2 is 2.07 bits per heavy atom. The van der Waals surface area contributed by atoms with Crippen LogP contribution in [-0.2, 0) is 6.54 Å². The summed E-state index contributed by atoms with van der Waals surface area (Å²) >= 11 is 0. The Bertz CT molecular complexity index is 979. The van der Waals surface area contributed by atoms with Gasteiger partial charge in [0.25, 0.3) is 5.91 Å². The maximum absolute atomic E-state index is 12.6. The van der Waals surface area contributed by atoms with Crippen molar-refractivity contribution in [2.24, 2.45) is 0 Å².